The van der Waals surface area contributed by atoms with Crippen LogP contribution in [0.5, 0.6) is 0 Å². The molecule has 0 fully saturated rings. The standard InChI is InChI=1S/C12H13NS/c14-8-2-3-10-5-6-11-4-1-7-13-12(11)9-10/h1,4-7,9,14H,2-3,8H2. The summed E-state index contributed by atoms with van der Waals surface area (Å²) in [6, 6.07) is 10.5. The van der Waals surface area contributed by atoms with E-state index in [-0.39, 0.29) is 0 Å². The molecular formula is C12H13NS. The lowest BCUT2D eigenvalue weighted by molar-refractivity contribution is 0.937. The monoisotopic (exact) mass is 203 g/mol. The van der Waals surface area contributed by atoms with Gasteiger partial charge in [-0.1, -0.05) is 18.2 Å². The Balaban J connectivity index is 2.32. The van der Waals surface area contributed by atoms with Crippen LogP contribution in [0.2, 0.25) is 0 Å². The Morgan fingerprint density at radius 3 is 3.00 bits per heavy atom. The molecule has 14 heavy (non-hydrogen) atoms. The number of hydrogen-bond donors (Lipinski definition) is 1. The summed E-state index contributed by atoms with van der Waals surface area (Å²) < 4.78 is 0. The van der Waals surface area contributed by atoms with Crippen LogP contribution in [0.1, 0.15) is 12.0 Å². The number of hydrogen-bond acceptors (Lipinski definition) is 2. The van der Waals surface area contributed by atoms with E-state index >= 15 is 0 Å². The van der Waals surface area contributed by atoms with E-state index in [0.29, 0.717) is 0 Å². The van der Waals surface area contributed by atoms with Crippen LogP contribution in [0.25, 0.3) is 10.9 Å². The van der Waals surface area contributed by atoms with Gasteiger partial charge >= 0.3 is 0 Å². The second-order valence-electron chi connectivity index (χ2n) is 3.36. The minimum absolute atomic E-state index is 0.945. The molecule has 0 bridgehead atoms. The molecule has 2 heteroatoms. The summed E-state index contributed by atoms with van der Waals surface area (Å²) in [5, 5.41) is 1.21. The van der Waals surface area contributed by atoms with Crippen LogP contribution >= 0.6 is 12.6 Å². The number of aromatic nitrogens is 1. The highest BCUT2D eigenvalue weighted by molar-refractivity contribution is 7.80. The van der Waals surface area contributed by atoms with Crippen molar-refractivity contribution in [2.24, 2.45) is 0 Å². The van der Waals surface area contributed by atoms with Crippen LogP contribution < -0.4 is 0 Å². The van der Waals surface area contributed by atoms with Crippen molar-refractivity contribution in [1.29, 1.82) is 0 Å². The van der Waals surface area contributed by atoms with Crippen LogP contribution in [0.3, 0.4) is 0 Å². The SMILES string of the molecule is SCCCc1ccc2cccnc2c1. The molecule has 1 nitrogen and oxygen atoms in total. The van der Waals surface area contributed by atoms with Gasteiger partial charge in [-0.3, -0.25) is 4.98 Å². The topological polar surface area (TPSA) is 12.9 Å². The lowest BCUT2D eigenvalue weighted by Gasteiger charge is -2.01. The molecular weight excluding hydrogens is 190 g/mol. The van der Waals surface area contributed by atoms with Crippen molar-refractivity contribution in [2.45, 2.75) is 12.8 Å². The molecule has 0 amide bonds. The lowest BCUT2D eigenvalue weighted by atomic mass is 10.1. The minimum atomic E-state index is 0.945. The lowest BCUT2D eigenvalue weighted by Crippen LogP contribution is -1.87. The first-order valence-corrected chi connectivity index (χ1v) is 5.48. The van der Waals surface area contributed by atoms with Crippen molar-refractivity contribution in [3.05, 3.63) is 42.1 Å². The van der Waals surface area contributed by atoms with E-state index in [4.69, 9.17) is 0 Å². The van der Waals surface area contributed by atoms with Crippen LogP contribution in [-0.2, 0) is 6.42 Å². The maximum Gasteiger partial charge on any atom is 0.0704 e. The number of thiol groups is 1. The van der Waals surface area contributed by atoms with Gasteiger partial charge in [-0.25, -0.2) is 0 Å². The summed E-state index contributed by atoms with van der Waals surface area (Å²) in [5.41, 5.74) is 2.44. The summed E-state index contributed by atoms with van der Waals surface area (Å²) in [6.45, 7) is 0. The average molecular weight is 203 g/mol. The van der Waals surface area contributed by atoms with Crippen molar-refractivity contribution in [3.63, 3.8) is 0 Å². The normalized spacial score (nSPS) is 10.6. The summed E-state index contributed by atoms with van der Waals surface area (Å²) in [5.74, 6) is 0.945. The van der Waals surface area contributed by atoms with E-state index in [9.17, 15) is 0 Å². The Hall–Kier alpha value is -1.02. The Morgan fingerprint density at radius 1 is 1.21 bits per heavy atom. The molecule has 1 aromatic heterocycles. The highest BCUT2D eigenvalue weighted by atomic mass is 32.1. The molecule has 72 valence electrons. The summed E-state index contributed by atoms with van der Waals surface area (Å²) in [7, 11) is 0. The van der Waals surface area contributed by atoms with Crippen LogP contribution in [-0.4, -0.2) is 10.7 Å². The van der Waals surface area contributed by atoms with Gasteiger partial charge in [0, 0.05) is 11.6 Å². The zero-order chi connectivity index (χ0) is 9.80. The maximum absolute atomic E-state index is 4.33. The average Bonchev–Trinajstić information content (AvgIpc) is 2.26. The molecule has 1 heterocycles. The maximum atomic E-state index is 4.33. The fraction of sp³-hybridized carbons (Fsp3) is 0.250. The van der Waals surface area contributed by atoms with E-state index in [1.807, 2.05) is 12.3 Å². The van der Waals surface area contributed by atoms with Crippen molar-refractivity contribution < 1.29 is 0 Å². The summed E-state index contributed by atoms with van der Waals surface area (Å²) in [6.07, 6.45) is 4.06. The molecule has 0 saturated heterocycles. The number of nitrogens with zero attached hydrogens (tertiary/aromatic N) is 1. The van der Waals surface area contributed by atoms with E-state index in [2.05, 4.69) is 41.9 Å². The first kappa shape index (κ1) is 9.53. The highest BCUT2D eigenvalue weighted by Crippen LogP contribution is 2.14. The van der Waals surface area contributed by atoms with Gasteiger partial charge in [-0.05, 0) is 36.3 Å². The predicted molar refractivity (Wildman–Crippen MR) is 63.9 cm³/mol. The number of pyridine rings is 1. The predicted octanol–water partition coefficient (Wildman–Crippen LogP) is 3.10. The van der Waals surface area contributed by atoms with Gasteiger partial charge in [0.05, 0.1) is 5.52 Å². The second kappa shape index (κ2) is 4.47. The molecule has 0 aliphatic rings. The van der Waals surface area contributed by atoms with Crippen LogP contribution in [0.15, 0.2) is 36.5 Å². The zero-order valence-electron chi connectivity index (χ0n) is 7.98. The molecule has 2 aromatic rings. The smallest absolute Gasteiger partial charge is 0.0704 e. The number of rotatable bonds is 3. The number of benzene rings is 1. The molecule has 1 aromatic carbocycles. The second-order valence-corrected chi connectivity index (χ2v) is 3.80. The third kappa shape index (κ3) is 2.07. The molecule has 0 atom stereocenters. The van der Waals surface area contributed by atoms with E-state index in [1.165, 1.54) is 10.9 Å². The molecule has 0 unspecified atom stereocenters. The Labute approximate surface area is 89.6 Å². The van der Waals surface area contributed by atoms with Gasteiger partial charge in [-0.15, -0.1) is 0 Å². The third-order valence-electron chi connectivity index (χ3n) is 2.29. The van der Waals surface area contributed by atoms with Crippen molar-refractivity contribution in [1.82, 2.24) is 4.98 Å². The van der Waals surface area contributed by atoms with Gasteiger partial charge in [0.25, 0.3) is 0 Å². The van der Waals surface area contributed by atoms with Gasteiger partial charge in [0.2, 0.25) is 0 Å². The van der Waals surface area contributed by atoms with Gasteiger partial charge in [0.15, 0.2) is 0 Å². The van der Waals surface area contributed by atoms with Gasteiger partial charge < -0.3 is 0 Å². The van der Waals surface area contributed by atoms with Crippen LogP contribution in [0, 0.1) is 0 Å². The van der Waals surface area contributed by atoms with Gasteiger partial charge in [0.1, 0.15) is 0 Å². The molecule has 0 saturated carbocycles. The van der Waals surface area contributed by atoms with E-state index < -0.39 is 0 Å². The van der Waals surface area contributed by atoms with Crippen molar-refractivity contribution in [3.8, 4) is 0 Å². The molecule has 0 N–H and O–H groups in total. The number of fused-ring (bicyclic) bond motifs is 1. The quantitative estimate of drug-likeness (QED) is 0.756. The first-order chi connectivity index (χ1) is 6.90. The Kier molecular flexibility index (Phi) is 3.04. The molecule has 0 radical (unpaired) electrons. The Morgan fingerprint density at radius 2 is 2.14 bits per heavy atom. The van der Waals surface area contributed by atoms with E-state index in [1.54, 1.807) is 0 Å². The zero-order valence-corrected chi connectivity index (χ0v) is 8.87. The fourth-order valence-electron chi connectivity index (χ4n) is 1.55. The molecule has 0 aliphatic carbocycles. The third-order valence-corrected chi connectivity index (χ3v) is 2.61. The number of aryl methyl sites for hydroxylation is 1. The summed E-state index contributed by atoms with van der Waals surface area (Å²) in [4.78, 5) is 4.33. The largest absolute Gasteiger partial charge is 0.256 e. The van der Waals surface area contributed by atoms with E-state index in [0.717, 1.165) is 24.1 Å². The molecule has 2 rings (SSSR count). The fourth-order valence-corrected chi connectivity index (χ4v) is 1.71. The molecule has 0 aliphatic heterocycles. The minimum Gasteiger partial charge on any atom is -0.256 e. The highest BCUT2D eigenvalue weighted by Gasteiger charge is 1.96. The molecule has 0 spiro atoms. The van der Waals surface area contributed by atoms with Crippen molar-refractivity contribution >= 4 is 23.5 Å². The van der Waals surface area contributed by atoms with Crippen LogP contribution in [0.4, 0.5) is 0 Å². The van der Waals surface area contributed by atoms with Gasteiger partial charge in [-0.2, -0.15) is 12.6 Å². The first-order valence-electron chi connectivity index (χ1n) is 4.84. The van der Waals surface area contributed by atoms with Crippen molar-refractivity contribution in [2.75, 3.05) is 5.75 Å². The Bertz CT molecular complexity index is 425. The summed E-state index contributed by atoms with van der Waals surface area (Å²) >= 11 is 4.21.